The van der Waals surface area contributed by atoms with E-state index in [0.29, 0.717) is 18.6 Å². The lowest BCUT2D eigenvalue weighted by molar-refractivity contribution is -0.142. The number of aliphatic carboxylic acids is 1. The van der Waals surface area contributed by atoms with Gasteiger partial charge in [-0.2, -0.15) is 11.8 Å². The molecule has 0 aromatic rings. The summed E-state index contributed by atoms with van der Waals surface area (Å²) in [6.45, 7) is 10.8. The van der Waals surface area contributed by atoms with Crippen LogP contribution in [0.4, 0.5) is 0 Å². The highest BCUT2D eigenvalue weighted by molar-refractivity contribution is 7.98. The molecule has 0 saturated heterocycles. The van der Waals surface area contributed by atoms with Gasteiger partial charge in [0.2, 0.25) is 23.6 Å². The molecule has 0 aliphatic carbocycles. The van der Waals surface area contributed by atoms with E-state index in [9.17, 15) is 29.1 Å². The first-order valence-electron chi connectivity index (χ1n) is 14.3. The van der Waals surface area contributed by atoms with Crippen molar-refractivity contribution in [2.75, 3.05) is 18.6 Å². The van der Waals surface area contributed by atoms with Crippen LogP contribution in [-0.4, -0.2) is 89.4 Å². The molecule has 4 amide bonds. The number of hydrogen-bond acceptors (Lipinski definition) is 8. The van der Waals surface area contributed by atoms with Gasteiger partial charge in [-0.3, -0.25) is 24.2 Å². The van der Waals surface area contributed by atoms with E-state index in [1.807, 2.05) is 20.1 Å². The zero-order valence-electron chi connectivity index (χ0n) is 25.9. The number of thioether (sulfide) groups is 1. The van der Waals surface area contributed by atoms with Crippen molar-refractivity contribution < 1.29 is 29.1 Å². The molecule has 6 atom stereocenters. The van der Waals surface area contributed by atoms with Crippen LogP contribution in [0.1, 0.15) is 67.2 Å². The van der Waals surface area contributed by atoms with Crippen molar-refractivity contribution in [2.45, 2.75) is 97.4 Å². The average Bonchev–Trinajstić information content (AvgIpc) is 2.91. The van der Waals surface area contributed by atoms with Crippen LogP contribution in [0.25, 0.3) is 0 Å². The summed E-state index contributed by atoms with van der Waals surface area (Å²) >= 11 is 1.45. The second-order valence-corrected chi connectivity index (χ2v) is 12.0. The van der Waals surface area contributed by atoms with Gasteiger partial charge in [0.15, 0.2) is 5.96 Å². The predicted molar refractivity (Wildman–Crippen MR) is 165 cm³/mol. The van der Waals surface area contributed by atoms with E-state index in [4.69, 9.17) is 17.2 Å². The summed E-state index contributed by atoms with van der Waals surface area (Å²) < 4.78 is 0. The Labute approximate surface area is 253 Å². The highest BCUT2D eigenvalue weighted by atomic mass is 32.2. The van der Waals surface area contributed by atoms with Gasteiger partial charge in [-0.25, -0.2) is 4.79 Å². The van der Waals surface area contributed by atoms with Gasteiger partial charge in [0.1, 0.15) is 24.2 Å². The maximum Gasteiger partial charge on any atom is 0.326 e. The maximum absolute atomic E-state index is 13.4. The zero-order chi connectivity index (χ0) is 32.6. The number of nitrogens with two attached hydrogens (primary N) is 3. The van der Waals surface area contributed by atoms with Crippen LogP contribution < -0.4 is 38.5 Å². The molecular weight excluding hydrogens is 564 g/mol. The second kappa shape index (κ2) is 19.9. The molecule has 42 heavy (non-hydrogen) atoms. The summed E-state index contributed by atoms with van der Waals surface area (Å²) in [7, 11) is 0. The third-order valence-electron chi connectivity index (χ3n) is 6.86. The summed E-state index contributed by atoms with van der Waals surface area (Å²) in [6.07, 6.45) is 3.27. The third kappa shape index (κ3) is 14.2. The number of carbonyl (C=O) groups is 5. The van der Waals surface area contributed by atoms with Gasteiger partial charge in [0, 0.05) is 6.54 Å². The largest absolute Gasteiger partial charge is 0.480 e. The topological polar surface area (TPSA) is 244 Å². The molecule has 0 aromatic heterocycles. The first kappa shape index (κ1) is 38.9. The molecule has 0 fully saturated rings. The number of amides is 4. The first-order chi connectivity index (χ1) is 19.6. The normalized spacial score (nSPS) is 15.5. The Hall–Kier alpha value is -3.07. The molecule has 0 spiro atoms. The summed E-state index contributed by atoms with van der Waals surface area (Å²) in [4.78, 5) is 68.1. The van der Waals surface area contributed by atoms with E-state index >= 15 is 0 Å². The van der Waals surface area contributed by atoms with Crippen LogP contribution in [0.3, 0.4) is 0 Å². The Kier molecular flexibility index (Phi) is 18.5. The lowest BCUT2D eigenvalue weighted by Gasteiger charge is -2.29. The molecule has 11 N–H and O–H groups in total. The Morgan fingerprint density at radius 1 is 0.786 bits per heavy atom. The number of hydrogen-bond donors (Lipinski definition) is 8. The van der Waals surface area contributed by atoms with Gasteiger partial charge in [0.25, 0.3) is 0 Å². The number of nitrogens with zero attached hydrogens (tertiary/aromatic N) is 1. The lowest BCUT2D eigenvalue weighted by Crippen LogP contribution is -2.60. The van der Waals surface area contributed by atoms with Crippen molar-refractivity contribution in [1.82, 2.24) is 21.3 Å². The molecule has 0 radical (unpaired) electrons. The number of carboxylic acids is 1. The Morgan fingerprint density at radius 3 is 1.74 bits per heavy atom. The van der Waals surface area contributed by atoms with Gasteiger partial charge in [-0.15, -0.1) is 0 Å². The van der Waals surface area contributed by atoms with Crippen molar-refractivity contribution in [3.8, 4) is 0 Å². The fourth-order valence-corrected chi connectivity index (χ4v) is 4.35. The molecule has 0 saturated carbocycles. The minimum Gasteiger partial charge on any atom is -0.480 e. The van der Waals surface area contributed by atoms with Gasteiger partial charge in [-0.1, -0.05) is 48.0 Å². The smallest absolute Gasteiger partial charge is 0.326 e. The summed E-state index contributed by atoms with van der Waals surface area (Å²) in [5, 5.41) is 20.1. The Bertz CT molecular complexity index is 928. The molecule has 0 heterocycles. The third-order valence-corrected chi connectivity index (χ3v) is 7.50. The molecular formula is C27H52N8O6S. The van der Waals surface area contributed by atoms with Crippen LogP contribution >= 0.6 is 11.8 Å². The number of guanidine groups is 1. The van der Waals surface area contributed by atoms with Crippen molar-refractivity contribution in [2.24, 2.45) is 39.9 Å². The molecule has 0 bridgehead atoms. The number of rotatable bonds is 20. The fraction of sp³-hybridized carbons (Fsp3) is 0.778. The van der Waals surface area contributed by atoms with Gasteiger partial charge in [0.05, 0.1) is 6.04 Å². The predicted octanol–water partition coefficient (Wildman–Crippen LogP) is -0.498. The second-order valence-electron chi connectivity index (χ2n) is 11.1. The highest BCUT2D eigenvalue weighted by Crippen LogP contribution is 2.11. The molecule has 242 valence electrons. The Morgan fingerprint density at radius 2 is 1.29 bits per heavy atom. The fourth-order valence-electron chi connectivity index (χ4n) is 3.87. The maximum atomic E-state index is 13.4. The molecule has 14 nitrogen and oxygen atoms in total. The lowest BCUT2D eigenvalue weighted by atomic mass is 9.97. The minimum atomic E-state index is -1.17. The molecule has 0 rings (SSSR count). The van der Waals surface area contributed by atoms with E-state index in [1.165, 1.54) is 11.8 Å². The molecule has 6 unspecified atom stereocenters. The molecule has 0 aromatic carbocycles. The van der Waals surface area contributed by atoms with Crippen LogP contribution in [0.2, 0.25) is 0 Å². The van der Waals surface area contributed by atoms with Crippen molar-refractivity contribution in [1.29, 1.82) is 0 Å². The van der Waals surface area contributed by atoms with E-state index in [-0.39, 0.29) is 37.2 Å². The summed E-state index contributed by atoms with van der Waals surface area (Å²) in [6, 6.07) is -5.06. The van der Waals surface area contributed by atoms with Crippen LogP contribution in [0.5, 0.6) is 0 Å². The van der Waals surface area contributed by atoms with Gasteiger partial charge in [-0.05, 0) is 49.0 Å². The quantitative estimate of drug-likeness (QED) is 0.0495. The van der Waals surface area contributed by atoms with Crippen molar-refractivity contribution in [3.05, 3.63) is 0 Å². The highest BCUT2D eigenvalue weighted by Gasteiger charge is 2.34. The Balaban J connectivity index is 5.79. The zero-order valence-corrected chi connectivity index (χ0v) is 26.8. The number of carboxylic acid groups (broad SMARTS) is 1. The summed E-state index contributed by atoms with van der Waals surface area (Å²) in [5.74, 6) is -3.98. The number of nitrogens with one attached hydrogen (secondary N) is 4. The molecule has 15 heteroatoms. The average molecular weight is 617 g/mol. The number of carbonyl (C=O) groups excluding carboxylic acids is 4. The molecule has 0 aliphatic rings. The molecule has 0 aliphatic heterocycles. The van der Waals surface area contributed by atoms with Gasteiger partial charge >= 0.3 is 5.97 Å². The van der Waals surface area contributed by atoms with Crippen LogP contribution in [-0.2, 0) is 24.0 Å². The SMILES string of the molecule is CCC(C)C(N)C(=O)NC(CCCN=C(N)N)C(=O)NC(C(=O)NC(C(=O)NC(CCSC)C(=O)O)C(C)C)C(C)C. The van der Waals surface area contributed by atoms with E-state index < -0.39 is 65.7 Å². The minimum absolute atomic E-state index is 0.0990. The standard InChI is InChI=1S/C27H52N8O6S/c1-8-16(6)19(28)23(37)32-17(10-9-12-31-27(29)30)22(36)34-21(15(4)5)25(39)35-20(14(2)3)24(38)33-18(26(40)41)11-13-42-7/h14-21H,8-13,28H2,1-7H3,(H,32,37)(H,33,38)(H,34,36)(H,35,39)(H,40,41)(H4,29,30,31). The van der Waals surface area contributed by atoms with E-state index in [0.717, 1.165) is 0 Å². The van der Waals surface area contributed by atoms with Gasteiger partial charge < -0.3 is 43.6 Å². The first-order valence-corrected chi connectivity index (χ1v) is 15.7. The van der Waals surface area contributed by atoms with E-state index in [2.05, 4.69) is 26.3 Å². The van der Waals surface area contributed by atoms with Crippen LogP contribution in [0, 0.1) is 17.8 Å². The monoisotopic (exact) mass is 616 g/mol. The summed E-state index contributed by atoms with van der Waals surface area (Å²) in [5.41, 5.74) is 16.8. The van der Waals surface area contributed by atoms with Crippen LogP contribution in [0.15, 0.2) is 4.99 Å². The number of aliphatic imine (C=N–C) groups is 1. The van der Waals surface area contributed by atoms with Crippen molar-refractivity contribution >= 4 is 47.3 Å². The van der Waals surface area contributed by atoms with Crippen molar-refractivity contribution in [3.63, 3.8) is 0 Å². The van der Waals surface area contributed by atoms with E-state index in [1.54, 1.807) is 27.7 Å².